The number of hydrogen-bond acceptors (Lipinski definition) is 2. The van der Waals surface area contributed by atoms with Gasteiger partial charge in [-0.3, -0.25) is 4.79 Å². The molecule has 3 aromatic rings. The van der Waals surface area contributed by atoms with Crippen molar-refractivity contribution in [1.29, 1.82) is 0 Å². The molecule has 1 aliphatic rings. The second-order valence-corrected chi connectivity index (χ2v) is 6.53. The minimum Gasteiger partial charge on any atom is -0.457 e. The molecular formula is C23H21NO2. The largest absolute Gasteiger partial charge is 0.457 e. The highest BCUT2D eigenvalue weighted by Gasteiger charge is 2.23. The van der Waals surface area contributed by atoms with E-state index in [9.17, 15) is 4.79 Å². The van der Waals surface area contributed by atoms with Gasteiger partial charge in [-0.25, -0.2) is 0 Å². The molecule has 0 unspecified atom stereocenters. The van der Waals surface area contributed by atoms with Crippen LogP contribution in [0.15, 0.2) is 72.8 Å². The Hall–Kier alpha value is -3.07. The first-order chi connectivity index (χ1) is 12.7. The van der Waals surface area contributed by atoms with Crippen LogP contribution in [0.25, 0.3) is 11.1 Å². The summed E-state index contributed by atoms with van der Waals surface area (Å²) in [6.45, 7) is 2.43. The van der Waals surface area contributed by atoms with Crippen LogP contribution in [0, 0.1) is 0 Å². The van der Waals surface area contributed by atoms with Crippen molar-refractivity contribution >= 4 is 11.6 Å². The van der Waals surface area contributed by atoms with E-state index >= 15 is 0 Å². The molecule has 4 rings (SSSR count). The fourth-order valence-corrected chi connectivity index (χ4v) is 3.53. The van der Waals surface area contributed by atoms with E-state index in [0.29, 0.717) is 0 Å². The number of ether oxygens (including phenoxy) is 1. The van der Waals surface area contributed by atoms with E-state index < -0.39 is 0 Å². The smallest absolute Gasteiger partial charge is 0.223 e. The molecule has 3 heteroatoms. The molecule has 0 atom stereocenters. The normalized spacial score (nSPS) is 13.2. The maximum atomic E-state index is 12.1. The monoisotopic (exact) mass is 343 g/mol. The van der Waals surface area contributed by atoms with Gasteiger partial charge >= 0.3 is 0 Å². The van der Waals surface area contributed by atoms with Crippen LogP contribution in [0.2, 0.25) is 0 Å². The fraction of sp³-hybridized carbons (Fsp3) is 0.174. The lowest BCUT2D eigenvalue weighted by atomic mass is 9.94. The summed E-state index contributed by atoms with van der Waals surface area (Å²) in [7, 11) is 0. The summed E-state index contributed by atoms with van der Waals surface area (Å²) in [5, 5.41) is 0. The van der Waals surface area contributed by atoms with Crippen molar-refractivity contribution in [2.45, 2.75) is 19.8 Å². The Morgan fingerprint density at radius 2 is 1.62 bits per heavy atom. The lowest BCUT2D eigenvalue weighted by Gasteiger charge is -2.31. The van der Waals surface area contributed by atoms with Gasteiger partial charge < -0.3 is 9.64 Å². The third-order valence-electron chi connectivity index (χ3n) is 4.74. The first kappa shape index (κ1) is 16.4. The number of nitrogens with zero attached hydrogens (tertiary/aromatic N) is 1. The standard InChI is InChI=1S/C23H21NO2/c1-17(25)24-16-6-8-19-7-5-11-22(23(19)24)18-12-14-21(15-13-18)26-20-9-3-2-4-10-20/h2-5,7,9-15H,6,8,16H2,1H3. The minimum absolute atomic E-state index is 0.0995. The van der Waals surface area contributed by atoms with Gasteiger partial charge in [0.15, 0.2) is 0 Å². The Balaban J connectivity index is 1.67. The molecule has 0 aromatic heterocycles. The lowest BCUT2D eigenvalue weighted by Crippen LogP contribution is -2.34. The van der Waals surface area contributed by atoms with Crippen molar-refractivity contribution in [1.82, 2.24) is 0 Å². The van der Waals surface area contributed by atoms with Gasteiger partial charge in [0, 0.05) is 19.0 Å². The van der Waals surface area contributed by atoms with Crippen molar-refractivity contribution < 1.29 is 9.53 Å². The van der Waals surface area contributed by atoms with Gasteiger partial charge in [-0.15, -0.1) is 0 Å². The van der Waals surface area contributed by atoms with E-state index in [1.54, 1.807) is 6.92 Å². The molecule has 1 amide bonds. The lowest BCUT2D eigenvalue weighted by molar-refractivity contribution is -0.116. The number of fused-ring (bicyclic) bond motifs is 1. The summed E-state index contributed by atoms with van der Waals surface area (Å²) < 4.78 is 5.88. The van der Waals surface area contributed by atoms with Crippen LogP contribution in [-0.4, -0.2) is 12.5 Å². The number of amides is 1. The third-order valence-corrected chi connectivity index (χ3v) is 4.74. The van der Waals surface area contributed by atoms with Gasteiger partial charge in [0.2, 0.25) is 5.91 Å². The van der Waals surface area contributed by atoms with Crippen molar-refractivity contribution in [2.24, 2.45) is 0 Å². The number of carbonyl (C=O) groups excluding carboxylic acids is 1. The molecule has 0 spiro atoms. The number of carbonyl (C=O) groups is 1. The van der Waals surface area contributed by atoms with E-state index in [1.807, 2.05) is 47.4 Å². The van der Waals surface area contributed by atoms with Gasteiger partial charge in [-0.1, -0.05) is 48.5 Å². The van der Waals surface area contributed by atoms with Crippen LogP contribution in [0.4, 0.5) is 5.69 Å². The molecule has 0 bridgehead atoms. The molecule has 0 saturated heterocycles. The van der Waals surface area contributed by atoms with E-state index in [4.69, 9.17) is 4.74 Å². The minimum atomic E-state index is 0.0995. The van der Waals surface area contributed by atoms with Crippen molar-refractivity contribution in [2.75, 3.05) is 11.4 Å². The molecule has 3 nitrogen and oxygen atoms in total. The Labute approximate surface area is 153 Å². The molecule has 0 aliphatic carbocycles. The summed E-state index contributed by atoms with van der Waals surface area (Å²) in [5.74, 6) is 1.72. The van der Waals surface area contributed by atoms with Crippen LogP contribution < -0.4 is 9.64 Å². The van der Waals surface area contributed by atoms with Crippen molar-refractivity contribution in [3.8, 4) is 22.6 Å². The highest BCUT2D eigenvalue weighted by atomic mass is 16.5. The van der Waals surface area contributed by atoms with Crippen LogP contribution >= 0.6 is 0 Å². The van der Waals surface area contributed by atoms with Crippen molar-refractivity contribution in [3.05, 3.63) is 78.4 Å². The predicted octanol–water partition coefficient (Wildman–Crippen LogP) is 5.45. The van der Waals surface area contributed by atoms with E-state index in [2.05, 4.69) is 30.3 Å². The zero-order chi connectivity index (χ0) is 17.9. The molecule has 26 heavy (non-hydrogen) atoms. The zero-order valence-corrected chi connectivity index (χ0v) is 14.8. The van der Waals surface area contributed by atoms with Crippen LogP contribution in [0.1, 0.15) is 18.9 Å². The quantitative estimate of drug-likeness (QED) is 0.633. The second kappa shape index (κ2) is 7.04. The first-order valence-corrected chi connectivity index (χ1v) is 8.96. The summed E-state index contributed by atoms with van der Waals surface area (Å²) in [6, 6.07) is 24.1. The first-order valence-electron chi connectivity index (χ1n) is 8.96. The van der Waals surface area contributed by atoms with E-state index in [1.165, 1.54) is 5.56 Å². The van der Waals surface area contributed by atoms with Crippen LogP contribution in [0.5, 0.6) is 11.5 Å². The van der Waals surface area contributed by atoms with Crippen molar-refractivity contribution in [3.63, 3.8) is 0 Å². The molecule has 130 valence electrons. The molecule has 1 aliphatic heterocycles. The summed E-state index contributed by atoms with van der Waals surface area (Å²) >= 11 is 0. The maximum Gasteiger partial charge on any atom is 0.223 e. The third kappa shape index (κ3) is 3.21. The Morgan fingerprint density at radius 3 is 2.35 bits per heavy atom. The molecule has 0 fully saturated rings. The molecule has 0 saturated carbocycles. The molecule has 1 heterocycles. The van der Waals surface area contributed by atoms with Gasteiger partial charge in [-0.05, 0) is 48.2 Å². The molecule has 0 N–H and O–H groups in total. The second-order valence-electron chi connectivity index (χ2n) is 6.53. The van der Waals surface area contributed by atoms with Gasteiger partial charge in [0.25, 0.3) is 0 Å². The van der Waals surface area contributed by atoms with Gasteiger partial charge in [0.1, 0.15) is 11.5 Å². The number of benzene rings is 3. The van der Waals surface area contributed by atoms with Gasteiger partial charge in [0.05, 0.1) is 5.69 Å². The fourth-order valence-electron chi connectivity index (χ4n) is 3.53. The van der Waals surface area contributed by atoms with E-state index in [0.717, 1.165) is 47.7 Å². The Bertz CT molecular complexity index is 917. The molecule has 3 aromatic carbocycles. The predicted molar refractivity (Wildman–Crippen MR) is 105 cm³/mol. The highest BCUT2D eigenvalue weighted by Crippen LogP contribution is 2.38. The number of para-hydroxylation sites is 2. The van der Waals surface area contributed by atoms with Crippen LogP contribution in [-0.2, 0) is 11.2 Å². The maximum absolute atomic E-state index is 12.1. The topological polar surface area (TPSA) is 29.5 Å². The Kier molecular flexibility index (Phi) is 4.44. The number of aryl methyl sites for hydroxylation is 1. The molecular weight excluding hydrogens is 322 g/mol. The molecule has 0 radical (unpaired) electrons. The SMILES string of the molecule is CC(=O)N1CCCc2cccc(-c3ccc(Oc4ccccc4)cc3)c21. The summed E-state index contributed by atoms with van der Waals surface area (Å²) in [6.07, 6.45) is 2.03. The number of anilines is 1. The van der Waals surface area contributed by atoms with E-state index in [-0.39, 0.29) is 5.91 Å². The van der Waals surface area contributed by atoms with Crippen LogP contribution in [0.3, 0.4) is 0 Å². The van der Waals surface area contributed by atoms with Gasteiger partial charge in [-0.2, -0.15) is 0 Å². The highest BCUT2D eigenvalue weighted by molar-refractivity contribution is 5.98. The average Bonchev–Trinajstić information content (AvgIpc) is 2.68. The zero-order valence-electron chi connectivity index (χ0n) is 14.8. The Morgan fingerprint density at radius 1 is 0.885 bits per heavy atom. The average molecular weight is 343 g/mol. The summed E-state index contributed by atoms with van der Waals surface area (Å²) in [4.78, 5) is 14.0. The number of rotatable bonds is 3. The number of hydrogen-bond donors (Lipinski definition) is 0. The summed E-state index contributed by atoms with van der Waals surface area (Å²) in [5.41, 5.74) is 4.50.